The molecule has 1 aliphatic rings. The summed E-state index contributed by atoms with van der Waals surface area (Å²) in [5.41, 5.74) is 0. The van der Waals surface area contributed by atoms with Crippen molar-refractivity contribution in [2.45, 2.75) is 34.1 Å². The summed E-state index contributed by atoms with van der Waals surface area (Å²) >= 11 is 0. The lowest BCUT2D eigenvalue weighted by Crippen LogP contribution is -2.23. The first kappa shape index (κ1) is 9.96. The second-order valence-corrected chi connectivity index (χ2v) is 3.40. The Morgan fingerprint density at radius 1 is 1.20 bits per heavy atom. The Kier molecular flexibility index (Phi) is 4.71. The van der Waals surface area contributed by atoms with Gasteiger partial charge in [0.2, 0.25) is 0 Å². The molecule has 0 N–H and O–H groups in total. The first-order valence-electron chi connectivity index (χ1n) is 4.01. The highest BCUT2D eigenvalue weighted by molar-refractivity contribution is 4.66. The molecule has 1 fully saturated rings. The molecule has 0 saturated carbocycles. The van der Waals surface area contributed by atoms with E-state index in [1.165, 1.54) is 32.5 Å². The topological polar surface area (TPSA) is 3.24 Å². The van der Waals surface area contributed by atoms with Gasteiger partial charge in [0.1, 0.15) is 0 Å². The van der Waals surface area contributed by atoms with Gasteiger partial charge in [-0.05, 0) is 31.8 Å². The van der Waals surface area contributed by atoms with Crippen LogP contribution in [0.3, 0.4) is 0 Å². The highest BCUT2D eigenvalue weighted by atomic mass is 15.1. The zero-order chi connectivity index (χ0) is 6.69. The third-order valence-corrected chi connectivity index (χ3v) is 1.82. The van der Waals surface area contributed by atoms with E-state index in [1.807, 2.05) is 0 Å². The summed E-state index contributed by atoms with van der Waals surface area (Å²) in [4.78, 5) is 2.56. The average molecular weight is 143 g/mol. The maximum atomic E-state index is 2.56. The molecule has 0 radical (unpaired) electrons. The number of nitrogens with zero attached hydrogens (tertiary/aromatic N) is 1. The first-order valence-corrected chi connectivity index (χ1v) is 4.01. The lowest BCUT2D eigenvalue weighted by molar-refractivity contribution is 0.298. The highest BCUT2D eigenvalue weighted by Crippen LogP contribution is 2.09. The average Bonchev–Trinajstić information content (AvgIpc) is 2.15. The van der Waals surface area contributed by atoms with E-state index in [-0.39, 0.29) is 7.43 Å². The van der Waals surface area contributed by atoms with Crippen LogP contribution in [0.1, 0.15) is 34.1 Å². The smallest absolute Gasteiger partial charge is 0.000438 e. The first-order chi connectivity index (χ1) is 4.29. The van der Waals surface area contributed by atoms with Crippen molar-refractivity contribution in [3.63, 3.8) is 0 Å². The van der Waals surface area contributed by atoms with Crippen LogP contribution in [0.25, 0.3) is 0 Å². The summed E-state index contributed by atoms with van der Waals surface area (Å²) in [5.74, 6) is 0.850. The molecule has 62 valence electrons. The molecule has 0 aromatic rings. The molecule has 0 amide bonds. The second-order valence-electron chi connectivity index (χ2n) is 3.40. The summed E-state index contributed by atoms with van der Waals surface area (Å²) in [5, 5.41) is 0. The Hall–Kier alpha value is -0.0400. The molecule has 0 spiro atoms. The molecule has 1 rings (SSSR count). The van der Waals surface area contributed by atoms with E-state index < -0.39 is 0 Å². The van der Waals surface area contributed by atoms with Gasteiger partial charge in [0.15, 0.2) is 0 Å². The van der Waals surface area contributed by atoms with E-state index >= 15 is 0 Å². The van der Waals surface area contributed by atoms with Crippen LogP contribution in [-0.2, 0) is 0 Å². The van der Waals surface area contributed by atoms with Crippen molar-refractivity contribution >= 4 is 0 Å². The Labute approximate surface area is 65.4 Å². The lowest BCUT2D eigenvalue weighted by Gasteiger charge is -2.16. The largest absolute Gasteiger partial charge is 0.303 e. The molecule has 1 heteroatoms. The van der Waals surface area contributed by atoms with Gasteiger partial charge in [0, 0.05) is 6.54 Å². The molecule has 0 aromatic heterocycles. The summed E-state index contributed by atoms with van der Waals surface area (Å²) in [6, 6.07) is 0. The maximum absolute atomic E-state index is 2.56. The van der Waals surface area contributed by atoms with E-state index in [1.54, 1.807) is 0 Å². The maximum Gasteiger partial charge on any atom is 0.000438 e. The van der Waals surface area contributed by atoms with Gasteiger partial charge in [-0.25, -0.2) is 0 Å². The van der Waals surface area contributed by atoms with Gasteiger partial charge in [-0.3, -0.25) is 0 Å². The summed E-state index contributed by atoms with van der Waals surface area (Å²) in [6.45, 7) is 8.58. The van der Waals surface area contributed by atoms with Crippen LogP contribution < -0.4 is 0 Å². The van der Waals surface area contributed by atoms with Crippen LogP contribution in [0, 0.1) is 5.92 Å². The molecule has 1 nitrogen and oxygen atoms in total. The van der Waals surface area contributed by atoms with Crippen LogP contribution in [0.15, 0.2) is 0 Å². The fourth-order valence-corrected chi connectivity index (χ4v) is 1.48. The fourth-order valence-electron chi connectivity index (χ4n) is 1.48. The van der Waals surface area contributed by atoms with Crippen LogP contribution in [0.4, 0.5) is 0 Å². The van der Waals surface area contributed by atoms with E-state index in [2.05, 4.69) is 18.7 Å². The van der Waals surface area contributed by atoms with Crippen LogP contribution in [0.5, 0.6) is 0 Å². The molecule has 0 aliphatic carbocycles. The SMILES string of the molecule is C.CC(C)CN1CCCC1. The van der Waals surface area contributed by atoms with Gasteiger partial charge < -0.3 is 4.90 Å². The number of likely N-dealkylation sites (tertiary alicyclic amines) is 1. The van der Waals surface area contributed by atoms with Crippen LogP contribution in [0.2, 0.25) is 0 Å². The molecular formula is C9H21N. The van der Waals surface area contributed by atoms with Crippen molar-refractivity contribution in [3.8, 4) is 0 Å². The molecule has 0 aromatic carbocycles. The molecule has 1 aliphatic heterocycles. The van der Waals surface area contributed by atoms with Crippen molar-refractivity contribution in [3.05, 3.63) is 0 Å². The molecule has 0 unspecified atom stereocenters. The van der Waals surface area contributed by atoms with Gasteiger partial charge >= 0.3 is 0 Å². The molecule has 10 heavy (non-hydrogen) atoms. The Morgan fingerprint density at radius 3 is 2.10 bits per heavy atom. The number of hydrogen-bond donors (Lipinski definition) is 0. The number of rotatable bonds is 2. The van der Waals surface area contributed by atoms with Crippen LogP contribution in [-0.4, -0.2) is 24.5 Å². The van der Waals surface area contributed by atoms with Gasteiger partial charge in [0.25, 0.3) is 0 Å². The summed E-state index contributed by atoms with van der Waals surface area (Å²) < 4.78 is 0. The summed E-state index contributed by atoms with van der Waals surface area (Å²) in [7, 11) is 0. The highest BCUT2D eigenvalue weighted by Gasteiger charge is 2.11. The van der Waals surface area contributed by atoms with E-state index in [4.69, 9.17) is 0 Å². The van der Waals surface area contributed by atoms with Gasteiger partial charge in [0.05, 0.1) is 0 Å². The Balaban J connectivity index is 0.000000810. The standard InChI is InChI=1S/C8H17N.CH4/c1-8(2)7-9-5-3-4-6-9;/h8H,3-7H2,1-2H3;1H4. The monoisotopic (exact) mass is 143 g/mol. The van der Waals surface area contributed by atoms with Gasteiger partial charge in [-0.15, -0.1) is 0 Å². The quantitative estimate of drug-likeness (QED) is 0.573. The van der Waals surface area contributed by atoms with Crippen LogP contribution >= 0.6 is 0 Å². The molecular weight excluding hydrogens is 122 g/mol. The normalized spacial score (nSPS) is 19.5. The molecule has 0 bridgehead atoms. The fraction of sp³-hybridized carbons (Fsp3) is 1.00. The van der Waals surface area contributed by atoms with Crippen molar-refractivity contribution < 1.29 is 0 Å². The van der Waals surface area contributed by atoms with E-state index in [0.717, 1.165) is 5.92 Å². The van der Waals surface area contributed by atoms with Crippen molar-refractivity contribution in [2.75, 3.05) is 19.6 Å². The molecule has 0 atom stereocenters. The van der Waals surface area contributed by atoms with Crippen molar-refractivity contribution in [1.82, 2.24) is 4.90 Å². The zero-order valence-corrected chi connectivity index (χ0v) is 6.56. The Bertz CT molecular complexity index is 72.8. The minimum absolute atomic E-state index is 0. The molecule has 1 heterocycles. The van der Waals surface area contributed by atoms with Crippen molar-refractivity contribution in [2.24, 2.45) is 5.92 Å². The minimum atomic E-state index is 0. The van der Waals surface area contributed by atoms with Crippen molar-refractivity contribution in [1.29, 1.82) is 0 Å². The number of hydrogen-bond acceptors (Lipinski definition) is 1. The zero-order valence-electron chi connectivity index (χ0n) is 6.56. The van der Waals surface area contributed by atoms with Gasteiger partial charge in [-0.1, -0.05) is 21.3 Å². The van der Waals surface area contributed by atoms with E-state index in [0.29, 0.717) is 0 Å². The lowest BCUT2D eigenvalue weighted by atomic mass is 10.2. The van der Waals surface area contributed by atoms with Gasteiger partial charge in [-0.2, -0.15) is 0 Å². The predicted molar refractivity (Wildman–Crippen MR) is 47.2 cm³/mol. The summed E-state index contributed by atoms with van der Waals surface area (Å²) in [6.07, 6.45) is 2.85. The third kappa shape index (κ3) is 3.21. The second kappa shape index (κ2) is 4.73. The van der Waals surface area contributed by atoms with E-state index in [9.17, 15) is 0 Å². The third-order valence-electron chi connectivity index (χ3n) is 1.82. The minimum Gasteiger partial charge on any atom is -0.303 e. The predicted octanol–water partition coefficient (Wildman–Crippen LogP) is 2.37. The molecule has 1 saturated heterocycles. The Morgan fingerprint density at radius 2 is 1.70 bits per heavy atom.